The molecule has 3 nitrogen and oxygen atoms in total. The van der Waals surface area contributed by atoms with Crippen molar-refractivity contribution in [3.05, 3.63) is 34.9 Å². The maximum Gasteiger partial charge on any atom is 0.249 e. The molecule has 0 N–H and O–H groups in total. The molecule has 0 aromatic heterocycles. The third-order valence-electron chi connectivity index (χ3n) is 2.33. The first kappa shape index (κ1) is 14.9. The molecule has 1 rings (SSSR count). The van der Waals surface area contributed by atoms with Gasteiger partial charge in [0.05, 0.1) is 6.61 Å². The van der Waals surface area contributed by atoms with Crippen molar-refractivity contribution in [1.82, 2.24) is 0 Å². The summed E-state index contributed by atoms with van der Waals surface area (Å²) in [7, 11) is 1.36. The smallest absolute Gasteiger partial charge is 0.249 e. The van der Waals surface area contributed by atoms with E-state index < -0.39 is 5.85 Å². The van der Waals surface area contributed by atoms with Crippen molar-refractivity contribution in [3.63, 3.8) is 0 Å². The monoisotopic (exact) mass is 273 g/mol. The molecular formula is C13H17ClFNO2. The Morgan fingerprint density at radius 3 is 2.61 bits per heavy atom. The van der Waals surface area contributed by atoms with Crippen LogP contribution in [0.25, 0.3) is 0 Å². The Bertz CT molecular complexity index is 383. The van der Waals surface area contributed by atoms with Crippen molar-refractivity contribution in [3.8, 4) is 0 Å². The number of benzene rings is 1. The van der Waals surface area contributed by atoms with Crippen LogP contribution in [0.15, 0.2) is 29.4 Å². The Morgan fingerprint density at radius 1 is 1.39 bits per heavy atom. The van der Waals surface area contributed by atoms with Crippen LogP contribution in [0.2, 0.25) is 5.02 Å². The van der Waals surface area contributed by atoms with Crippen molar-refractivity contribution >= 4 is 17.8 Å². The van der Waals surface area contributed by atoms with Crippen LogP contribution in [-0.2, 0) is 16.2 Å². The molecule has 0 fully saturated rings. The lowest BCUT2D eigenvalue weighted by Crippen LogP contribution is -2.28. The van der Waals surface area contributed by atoms with Gasteiger partial charge in [-0.3, -0.25) is 0 Å². The zero-order chi connectivity index (χ0) is 13.4. The van der Waals surface area contributed by atoms with Gasteiger partial charge in [0.1, 0.15) is 13.3 Å². The maximum absolute atomic E-state index is 14.3. The highest BCUT2D eigenvalue weighted by atomic mass is 35.5. The van der Waals surface area contributed by atoms with E-state index in [9.17, 15) is 4.39 Å². The molecule has 1 atom stereocenters. The standard InChI is InChI=1S/C13H17ClFNO2/c1-3-8-13(15,10-16-17-2)18-9-11-4-6-12(14)7-5-11/h4-7,10H,3,8-9H2,1-2H3. The van der Waals surface area contributed by atoms with Crippen molar-refractivity contribution < 1.29 is 14.0 Å². The summed E-state index contributed by atoms with van der Waals surface area (Å²) in [5, 5.41) is 4.08. The van der Waals surface area contributed by atoms with Gasteiger partial charge in [-0.25, -0.2) is 4.39 Å². The molecule has 18 heavy (non-hydrogen) atoms. The summed E-state index contributed by atoms with van der Waals surface area (Å²) in [5.74, 6) is -1.90. The number of hydrogen-bond donors (Lipinski definition) is 0. The summed E-state index contributed by atoms with van der Waals surface area (Å²) in [6.45, 7) is 2.03. The zero-order valence-electron chi connectivity index (χ0n) is 10.5. The first-order valence-electron chi connectivity index (χ1n) is 5.74. The fourth-order valence-electron chi connectivity index (χ4n) is 1.43. The van der Waals surface area contributed by atoms with Gasteiger partial charge in [0.25, 0.3) is 0 Å². The van der Waals surface area contributed by atoms with Crippen molar-refractivity contribution in [2.75, 3.05) is 7.11 Å². The Labute approximate surface area is 112 Å². The van der Waals surface area contributed by atoms with Crippen LogP contribution < -0.4 is 0 Å². The highest BCUT2D eigenvalue weighted by Crippen LogP contribution is 2.21. The fraction of sp³-hybridized carbons (Fsp3) is 0.462. The maximum atomic E-state index is 14.3. The summed E-state index contributed by atoms with van der Waals surface area (Å²) in [6.07, 6.45) is 1.92. The number of hydrogen-bond acceptors (Lipinski definition) is 3. The number of oxime groups is 1. The lowest BCUT2D eigenvalue weighted by Gasteiger charge is -2.20. The highest BCUT2D eigenvalue weighted by molar-refractivity contribution is 6.30. The second-order valence-corrected chi connectivity index (χ2v) is 4.30. The molecule has 0 saturated heterocycles. The first-order chi connectivity index (χ1) is 8.59. The number of alkyl halides is 1. The van der Waals surface area contributed by atoms with Crippen molar-refractivity contribution in [1.29, 1.82) is 0 Å². The van der Waals surface area contributed by atoms with Crippen LogP contribution in [0.1, 0.15) is 25.3 Å². The molecule has 1 aromatic carbocycles. The Kier molecular flexibility index (Phi) is 6.09. The van der Waals surface area contributed by atoms with Gasteiger partial charge in [-0.1, -0.05) is 42.2 Å². The van der Waals surface area contributed by atoms with Gasteiger partial charge in [-0.05, 0) is 17.7 Å². The minimum atomic E-state index is -1.90. The largest absolute Gasteiger partial charge is 0.399 e. The van der Waals surface area contributed by atoms with Crippen molar-refractivity contribution in [2.45, 2.75) is 32.2 Å². The molecule has 0 aliphatic carbocycles. The number of rotatable bonds is 7. The van der Waals surface area contributed by atoms with E-state index in [4.69, 9.17) is 16.3 Å². The predicted octanol–water partition coefficient (Wildman–Crippen LogP) is 3.95. The zero-order valence-corrected chi connectivity index (χ0v) is 11.3. The normalized spacial score (nSPS) is 14.7. The lowest BCUT2D eigenvalue weighted by molar-refractivity contribution is -0.102. The van der Waals surface area contributed by atoms with Crippen LogP contribution in [0, 0.1) is 0 Å². The van der Waals surface area contributed by atoms with E-state index in [2.05, 4.69) is 9.99 Å². The molecule has 0 radical (unpaired) electrons. The Balaban J connectivity index is 2.61. The van der Waals surface area contributed by atoms with Crippen LogP contribution >= 0.6 is 11.6 Å². The summed E-state index contributed by atoms with van der Waals surface area (Å²) in [6, 6.07) is 7.07. The molecule has 5 heteroatoms. The molecule has 0 aliphatic heterocycles. The fourth-order valence-corrected chi connectivity index (χ4v) is 1.56. The van der Waals surface area contributed by atoms with Gasteiger partial charge >= 0.3 is 0 Å². The summed E-state index contributed by atoms with van der Waals surface area (Å²) in [5.41, 5.74) is 0.850. The van der Waals surface area contributed by atoms with Crippen LogP contribution in [0.4, 0.5) is 4.39 Å². The molecule has 0 aliphatic rings. The van der Waals surface area contributed by atoms with E-state index in [1.54, 1.807) is 24.3 Å². The van der Waals surface area contributed by atoms with Crippen LogP contribution in [0.3, 0.4) is 0 Å². The molecule has 0 saturated carbocycles. The van der Waals surface area contributed by atoms with Gasteiger partial charge in [0, 0.05) is 11.4 Å². The van der Waals surface area contributed by atoms with Crippen molar-refractivity contribution in [2.24, 2.45) is 5.16 Å². The molecule has 0 amide bonds. The summed E-state index contributed by atoms with van der Waals surface area (Å²) < 4.78 is 19.5. The third kappa shape index (κ3) is 5.02. The molecule has 100 valence electrons. The summed E-state index contributed by atoms with van der Waals surface area (Å²) >= 11 is 5.77. The predicted molar refractivity (Wildman–Crippen MR) is 70.5 cm³/mol. The minimum Gasteiger partial charge on any atom is -0.399 e. The minimum absolute atomic E-state index is 0.156. The van der Waals surface area contributed by atoms with Gasteiger partial charge in [0.15, 0.2) is 0 Å². The topological polar surface area (TPSA) is 30.8 Å². The van der Waals surface area contributed by atoms with E-state index in [1.807, 2.05) is 6.92 Å². The van der Waals surface area contributed by atoms with Crippen LogP contribution in [0.5, 0.6) is 0 Å². The SMILES string of the molecule is CCCC(F)(C=NOC)OCc1ccc(Cl)cc1. The summed E-state index contributed by atoms with van der Waals surface area (Å²) in [4.78, 5) is 4.48. The quantitative estimate of drug-likeness (QED) is 0.556. The van der Waals surface area contributed by atoms with Gasteiger partial charge in [0.2, 0.25) is 5.85 Å². The molecule has 0 bridgehead atoms. The van der Waals surface area contributed by atoms with E-state index in [0.29, 0.717) is 11.4 Å². The second-order valence-electron chi connectivity index (χ2n) is 3.87. The lowest BCUT2D eigenvalue weighted by atomic mass is 10.2. The molecule has 0 heterocycles. The Morgan fingerprint density at radius 2 is 2.06 bits per heavy atom. The van der Waals surface area contributed by atoms with E-state index in [0.717, 1.165) is 11.8 Å². The second kappa shape index (κ2) is 7.34. The van der Waals surface area contributed by atoms with Crippen LogP contribution in [-0.4, -0.2) is 19.2 Å². The number of ether oxygens (including phenoxy) is 1. The first-order valence-corrected chi connectivity index (χ1v) is 6.12. The number of halogens is 2. The van der Waals surface area contributed by atoms with Gasteiger partial charge in [-0.2, -0.15) is 0 Å². The Hall–Kier alpha value is -1.13. The molecule has 1 unspecified atom stereocenters. The van der Waals surface area contributed by atoms with Gasteiger partial charge in [-0.15, -0.1) is 0 Å². The average Bonchev–Trinajstić information content (AvgIpc) is 2.36. The van der Waals surface area contributed by atoms with E-state index >= 15 is 0 Å². The van der Waals surface area contributed by atoms with E-state index in [1.165, 1.54) is 7.11 Å². The molecular weight excluding hydrogens is 257 g/mol. The highest BCUT2D eigenvalue weighted by Gasteiger charge is 2.27. The van der Waals surface area contributed by atoms with E-state index in [-0.39, 0.29) is 13.0 Å². The number of nitrogens with zero attached hydrogens (tertiary/aromatic N) is 1. The molecule has 1 aromatic rings. The van der Waals surface area contributed by atoms with Gasteiger partial charge < -0.3 is 9.57 Å². The average molecular weight is 274 g/mol. The molecule has 0 spiro atoms. The third-order valence-corrected chi connectivity index (χ3v) is 2.59.